The van der Waals surface area contributed by atoms with Gasteiger partial charge in [-0.25, -0.2) is 0 Å². The molecule has 9 heteroatoms. The van der Waals surface area contributed by atoms with Crippen molar-refractivity contribution in [3.05, 3.63) is 36.9 Å². The van der Waals surface area contributed by atoms with E-state index in [9.17, 15) is 9.59 Å². The van der Waals surface area contributed by atoms with E-state index < -0.39 is 0 Å². The third-order valence-corrected chi connectivity index (χ3v) is 4.05. The van der Waals surface area contributed by atoms with E-state index in [-0.39, 0.29) is 17.6 Å². The van der Waals surface area contributed by atoms with Gasteiger partial charge in [-0.15, -0.1) is 16.8 Å². The van der Waals surface area contributed by atoms with Gasteiger partial charge in [0.1, 0.15) is 5.75 Å². The molecule has 0 spiro atoms. The highest BCUT2D eigenvalue weighted by Gasteiger charge is 2.15. The lowest BCUT2D eigenvalue weighted by atomic mass is 10.2. The van der Waals surface area contributed by atoms with Crippen molar-refractivity contribution in [1.29, 1.82) is 0 Å². The fourth-order valence-corrected chi connectivity index (χ4v) is 2.71. The van der Waals surface area contributed by atoms with Crippen molar-refractivity contribution in [2.24, 2.45) is 0 Å². The maximum atomic E-state index is 11.7. The predicted molar refractivity (Wildman–Crippen MR) is 94.9 cm³/mol. The van der Waals surface area contributed by atoms with Gasteiger partial charge in [0.15, 0.2) is 11.0 Å². The first kappa shape index (κ1) is 18.5. The number of hydrazine groups is 1. The molecule has 0 aliphatic carbocycles. The number of nitrogens with one attached hydrogen (secondary N) is 2. The molecule has 0 radical (unpaired) electrons. The number of aromatic nitrogens is 3. The van der Waals surface area contributed by atoms with Gasteiger partial charge >= 0.3 is 0 Å². The number of thioether (sulfide) groups is 1. The molecule has 1 aromatic carbocycles. The number of carbonyl (C=O) groups is 2. The third kappa shape index (κ3) is 5.08. The van der Waals surface area contributed by atoms with E-state index in [4.69, 9.17) is 4.74 Å². The number of carbonyl (C=O) groups excluding carboxylic acids is 2. The summed E-state index contributed by atoms with van der Waals surface area (Å²) in [5, 5.41) is 8.95. The molecule has 0 unspecified atom stereocenters. The molecule has 0 fully saturated rings. The lowest BCUT2D eigenvalue weighted by molar-refractivity contribution is -0.126. The Bertz CT molecular complexity index is 758. The Balaban J connectivity index is 2.13. The van der Waals surface area contributed by atoms with Gasteiger partial charge < -0.3 is 4.74 Å². The van der Waals surface area contributed by atoms with Crippen LogP contribution in [-0.4, -0.2) is 39.4 Å². The van der Waals surface area contributed by atoms with Crippen LogP contribution in [0.2, 0.25) is 0 Å². The molecule has 2 N–H and O–H groups in total. The number of nitrogens with zero attached hydrogens (tertiary/aromatic N) is 3. The smallest absolute Gasteiger partial charge is 0.248 e. The first-order valence-electron chi connectivity index (χ1n) is 7.42. The van der Waals surface area contributed by atoms with E-state index in [0.717, 1.165) is 11.3 Å². The van der Waals surface area contributed by atoms with Crippen molar-refractivity contribution in [3.63, 3.8) is 0 Å². The highest BCUT2D eigenvalue weighted by molar-refractivity contribution is 7.99. The van der Waals surface area contributed by atoms with Crippen LogP contribution in [0.15, 0.2) is 42.1 Å². The molecule has 1 aromatic heterocycles. The maximum absolute atomic E-state index is 11.7. The zero-order valence-corrected chi connectivity index (χ0v) is 14.8. The first-order chi connectivity index (χ1) is 12.0. The summed E-state index contributed by atoms with van der Waals surface area (Å²) in [5.74, 6) is 0.849. The average molecular weight is 361 g/mol. The molecule has 2 amide bonds. The van der Waals surface area contributed by atoms with Gasteiger partial charge in [-0.2, -0.15) is 0 Å². The maximum Gasteiger partial charge on any atom is 0.248 e. The minimum atomic E-state index is -0.338. The summed E-state index contributed by atoms with van der Waals surface area (Å²) in [7, 11) is 1.61. The first-order valence-corrected chi connectivity index (χ1v) is 8.40. The topological polar surface area (TPSA) is 98.1 Å². The van der Waals surface area contributed by atoms with Gasteiger partial charge in [0.25, 0.3) is 0 Å². The summed E-state index contributed by atoms with van der Waals surface area (Å²) in [6.45, 7) is 5.57. The summed E-state index contributed by atoms with van der Waals surface area (Å²) in [6, 6.07) is 7.46. The second kappa shape index (κ2) is 8.88. The van der Waals surface area contributed by atoms with Crippen LogP contribution in [0.5, 0.6) is 5.75 Å². The van der Waals surface area contributed by atoms with E-state index >= 15 is 0 Å². The number of rotatable bonds is 7. The van der Waals surface area contributed by atoms with Crippen LogP contribution in [0.4, 0.5) is 0 Å². The van der Waals surface area contributed by atoms with Crippen molar-refractivity contribution in [2.75, 3.05) is 12.9 Å². The van der Waals surface area contributed by atoms with Crippen molar-refractivity contribution in [3.8, 4) is 17.1 Å². The number of allylic oxidation sites excluding steroid dienone is 1. The minimum Gasteiger partial charge on any atom is -0.497 e. The molecule has 0 aliphatic rings. The number of benzene rings is 1. The highest BCUT2D eigenvalue weighted by Crippen LogP contribution is 2.25. The average Bonchev–Trinajstić information content (AvgIpc) is 3.01. The molecule has 0 aliphatic heterocycles. The summed E-state index contributed by atoms with van der Waals surface area (Å²) in [4.78, 5) is 22.5. The quantitative estimate of drug-likeness (QED) is 0.439. The van der Waals surface area contributed by atoms with Crippen molar-refractivity contribution < 1.29 is 14.3 Å². The molecule has 25 heavy (non-hydrogen) atoms. The fourth-order valence-electron chi connectivity index (χ4n) is 1.97. The second-order valence-corrected chi connectivity index (χ2v) is 5.89. The van der Waals surface area contributed by atoms with E-state index in [0.29, 0.717) is 17.5 Å². The summed E-state index contributed by atoms with van der Waals surface area (Å²) >= 11 is 1.22. The monoisotopic (exact) mass is 361 g/mol. The Morgan fingerprint density at radius 1 is 1.28 bits per heavy atom. The van der Waals surface area contributed by atoms with Gasteiger partial charge in [0.2, 0.25) is 11.8 Å². The van der Waals surface area contributed by atoms with Crippen LogP contribution < -0.4 is 15.6 Å². The molecule has 8 nitrogen and oxygen atoms in total. The second-order valence-electron chi connectivity index (χ2n) is 4.95. The van der Waals surface area contributed by atoms with Crippen LogP contribution in [0.1, 0.15) is 6.92 Å². The normalized spacial score (nSPS) is 10.2. The fraction of sp³-hybridized carbons (Fsp3) is 0.250. The van der Waals surface area contributed by atoms with Gasteiger partial charge in [0, 0.05) is 19.0 Å². The minimum absolute atomic E-state index is 0.0954. The van der Waals surface area contributed by atoms with Gasteiger partial charge in [-0.1, -0.05) is 17.8 Å². The number of hydrogen-bond donors (Lipinski definition) is 2. The summed E-state index contributed by atoms with van der Waals surface area (Å²) in [6.07, 6.45) is 1.73. The molecule has 0 saturated heterocycles. The molecule has 2 rings (SSSR count). The molecule has 1 heterocycles. The Morgan fingerprint density at radius 2 is 2.00 bits per heavy atom. The summed E-state index contributed by atoms with van der Waals surface area (Å²) < 4.78 is 7.02. The zero-order valence-electron chi connectivity index (χ0n) is 14.0. The highest BCUT2D eigenvalue weighted by atomic mass is 32.2. The van der Waals surface area contributed by atoms with Crippen LogP contribution in [0, 0.1) is 0 Å². The van der Waals surface area contributed by atoms with Gasteiger partial charge in [0.05, 0.1) is 12.9 Å². The zero-order chi connectivity index (χ0) is 18.2. The van der Waals surface area contributed by atoms with E-state index in [1.807, 2.05) is 28.8 Å². The molecule has 132 valence electrons. The lowest BCUT2D eigenvalue weighted by Crippen LogP contribution is -2.41. The Morgan fingerprint density at radius 3 is 2.60 bits per heavy atom. The Labute approximate surface area is 149 Å². The Kier molecular flexibility index (Phi) is 6.58. The third-order valence-electron chi connectivity index (χ3n) is 3.09. The standard InChI is InChI=1S/C16H19N5O3S/c1-4-9-21-15(12-5-7-13(24-3)8-6-12)19-20-16(21)25-10-14(23)18-17-11(2)22/h4-8H,1,9-10H2,2-3H3,(H,17,22)(H,18,23). The molecular weight excluding hydrogens is 342 g/mol. The lowest BCUT2D eigenvalue weighted by Gasteiger charge is -2.08. The molecule has 0 saturated carbocycles. The Hall–Kier alpha value is -2.81. The summed E-state index contributed by atoms with van der Waals surface area (Å²) in [5.41, 5.74) is 5.42. The predicted octanol–water partition coefficient (Wildman–Crippen LogP) is 1.40. The van der Waals surface area contributed by atoms with Crippen LogP contribution in [-0.2, 0) is 16.1 Å². The van der Waals surface area contributed by atoms with Crippen LogP contribution in [0.3, 0.4) is 0 Å². The number of hydrogen-bond acceptors (Lipinski definition) is 6. The molecular formula is C16H19N5O3S. The molecule has 0 atom stereocenters. The SMILES string of the molecule is C=CCn1c(SCC(=O)NNC(C)=O)nnc1-c1ccc(OC)cc1. The van der Waals surface area contributed by atoms with Crippen LogP contribution >= 0.6 is 11.8 Å². The largest absolute Gasteiger partial charge is 0.497 e. The number of amides is 2. The van der Waals surface area contributed by atoms with Gasteiger partial charge in [-0.05, 0) is 24.3 Å². The molecule has 2 aromatic rings. The van der Waals surface area contributed by atoms with Gasteiger partial charge in [-0.3, -0.25) is 25.0 Å². The van der Waals surface area contributed by atoms with E-state index in [1.54, 1.807) is 13.2 Å². The van der Waals surface area contributed by atoms with Crippen LogP contribution in [0.25, 0.3) is 11.4 Å². The molecule has 0 bridgehead atoms. The number of methoxy groups -OCH3 is 1. The van der Waals surface area contributed by atoms with E-state index in [1.165, 1.54) is 18.7 Å². The van der Waals surface area contributed by atoms with Crippen molar-refractivity contribution in [2.45, 2.75) is 18.6 Å². The van der Waals surface area contributed by atoms with E-state index in [2.05, 4.69) is 27.6 Å². The van der Waals surface area contributed by atoms with Crippen molar-refractivity contribution in [1.82, 2.24) is 25.6 Å². The number of ether oxygens (including phenoxy) is 1. The van der Waals surface area contributed by atoms with Crippen molar-refractivity contribution >= 4 is 23.6 Å².